The van der Waals surface area contributed by atoms with E-state index in [4.69, 9.17) is 28.1 Å². The zero-order chi connectivity index (χ0) is 17.3. The van der Waals surface area contributed by atoms with Gasteiger partial charge >= 0.3 is 0 Å². The van der Waals surface area contributed by atoms with Gasteiger partial charge in [0.1, 0.15) is 5.66 Å². The van der Waals surface area contributed by atoms with Gasteiger partial charge in [-0.25, -0.2) is 4.99 Å². The monoisotopic (exact) mass is 347 g/mol. The Balaban J connectivity index is 2.23. The summed E-state index contributed by atoms with van der Waals surface area (Å²) in [4.78, 5) is 11.2. The van der Waals surface area contributed by atoms with Crippen molar-refractivity contribution in [2.75, 3.05) is 4.90 Å². The summed E-state index contributed by atoms with van der Waals surface area (Å²) in [7, 11) is 0. The summed E-state index contributed by atoms with van der Waals surface area (Å²) in [5.41, 5.74) is 15.3. The van der Waals surface area contributed by atoms with E-state index < -0.39 is 5.66 Å². The molecule has 0 radical (unpaired) electrons. The van der Waals surface area contributed by atoms with Crippen molar-refractivity contribution in [3.8, 4) is 0 Å². The highest BCUT2D eigenvalue weighted by Gasteiger charge is 2.44. The molecule has 1 saturated carbocycles. The Bertz CT molecular complexity index is 689. The molecule has 0 unspecified atom stereocenters. The third-order valence-electron chi connectivity index (χ3n) is 5.12. The molecular weight excluding hydrogens is 322 g/mol. The van der Waals surface area contributed by atoms with E-state index in [-0.39, 0.29) is 5.96 Å². The first kappa shape index (κ1) is 17.1. The summed E-state index contributed by atoms with van der Waals surface area (Å²) in [6.07, 6.45) is 7.05. The van der Waals surface area contributed by atoms with Gasteiger partial charge in [-0.05, 0) is 55.7 Å². The molecule has 6 heteroatoms. The van der Waals surface area contributed by atoms with E-state index in [9.17, 15) is 0 Å². The third-order valence-corrected chi connectivity index (χ3v) is 5.47. The molecule has 1 fully saturated rings. The number of benzene rings is 1. The van der Waals surface area contributed by atoms with Gasteiger partial charge in [-0.15, -0.1) is 0 Å². The highest BCUT2D eigenvalue weighted by Crippen LogP contribution is 2.43. The van der Waals surface area contributed by atoms with Crippen LogP contribution in [0.3, 0.4) is 0 Å². The Hall–Kier alpha value is -1.75. The van der Waals surface area contributed by atoms with Crippen LogP contribution in [0.1, 0.15) is 57.1 Å². The molecule has 5 nitrogen and oxygen atoms in total. The molecule has 1 aliphatic carbocycles. The average molecular weight is 348 g/mol. The zero-order valence-corrected chi connectivity index (χ0v) is 15.2. The van der Waals surface area contributed by atoms with Gasteiger partial charge in [-0.2, -0.15) is 4.99 Å². The second-order valence-corrected chi connectivity index (χ2v) is 6.97. The molecule has 0 amide bonds. The van der Waals surface area contributed by atoms with E-state index in [1.54, 1.807) is 0 Å². The fourth-order valence-corrected chi connectivity index (χ4v) is 4.29. The largest absolute Gasteiger partial charge is 0.369 e. The van der Waals surface area contributed by atoms with E-state index in [1.807, 2.05) is 6.07 Å². The van der Waals surface area contributed by atoms with Gasteiger partial charge in [0, 0.05) is 5.02 Å². The molecule has 0 saturated heterocycles. The van der Waals surface area contributed by atoms with Crippen molar-refractivity contribution in [1.29, 1.82) is 0 Å². The predicted octanol–water partition coefficient (Wildman–Crippen LogP) is 3.57. The first-order valence-electron chi connectivity index (χ1n) is 8.82. The summed E-state index contributed by atoms with van der Waals surface area (Å²) in [5.74, 6) is 0.708. The number of rotatable bonds is 3. The van der Waals surface area contributed by atoms with E-state index in [1.165, 1.54) is 12.0 Å². The lowest BCUT2D eigenvalue weighted by Crippen LogP contribution is -2.58. The Kier molecular flexibility index (Phi) is 4.72. The highest BCUT2D eigenvalue weighted by atomic mass is 35.5. The lowest BCUT2D eigenvalue weighted by molar-refractivity contribution is 0.305. The van der Waals surface area contributed by atoms with Crippen LogP contribution in [0.5, 0.6) is 0 Å². The molecular formula is C18H26ClN5. The molecule has 1 aliphatic heterocycles. The first-order valence-corrected chi connectivity index (χ1v) is 9.20. The van der Waals surface area contributed by atoms with Crippen molar-refractivity contribution < 1.29 is 0 Å². The zero-order valence-electron chi connectivity index (χ0n) is 14.5. The normalized spacial score (nSPS) is 20.0. The number of anilines is 1. The molecule has 1 aromatic carbocycles. The summed E-state index contributed by atoms with van der Waals surface area (Å²) in [5, 5.41) is 0.769. The number of aliphatic imine (C=N–C) groups is 2. The van der Waals surface area contributed by atoms with Crippen LogP contribution in [0.2, 0.25) is 5.02 Å². The standard InChI is InChI=1S/C18H26ClN5/c1-3-12-8-9-14(19)13(4-2)15(12)24-17(21)22-16(20)23-18(24)10-6-5-7-11-18/h8-9H,3-7,10-11H2,1-2H3,(H4,20,21,22,23). The lowest BCUT2D eigenvalue weighted by Gasteiger charge is -2.47. The predicted molar refractivity (Wildman–Crippen MR) is 102 cm³/mol. The van der Waals surface area contributed by atoms with E-state index in [0.717, 1.165) is 54.8 Å². The Labute approximate surface area is 148 Å². The van der Waals surface area contributed by atoms with Crippen LogP contribution in [-0.4, -0.2) is 17.6 Å². The summed E-state index contributed by atoms with van der Waals surface area (Å²) < 4.78 is 0. The van der Waals surface area contributed by atoms with Gasteiger partial charge in [0.2, 0.25) is 11.9 Å². The average Bonchev–Trinajstić information content (AvgIpc) is 2.55. The van der Waals surface area contributed by atoms with Gasteiger partial charge < -0.3 is 11.5 Å². The molecule has 3 rings (SSSR count). The molecule has 0 bridgehead atoms. The van der Waals surface area contributed by atoms with Gasteiger partial charge in [0.05, 0.1) is 5.69 Å². The van der Waals surface area contributed by atoms with Gasteiger partial charge in [0.25, 0.3) is 0 Å². The van der Waals surface area contributed by atoms with Crippen molar-refractivity contribution in [1.82, 2.24) is 0 Å². The number of nitrogens with zero attached hydrogens (tertiary/aromatic N) is 3. The van der Waals surface area contributed by atoms with Gasteiger partial charge in [0.15, 0.2) is 0 Å². The molecule has 4 N–H and O–H groups in total. The van der Waals surface area contributed by atoms with Crippen LogP contribution >= 0.6 is 11.6 Å². The first-order chi connectivity index (χ1) is 11.5. The second-order valence-electron chi connectivity index (χ2n) is 6.56. The Morgan fingerprint density at radius 2 is 1.83 bits per heavy atom. The van der Waals surface area contributed by atoms with Crippen molar-refractivity contribution in [3.63, 3.8) is 0 Å². The van der Waals surface area contributed by atoms with Crippen LogP contribution in [0.4, 0.5) is 5.69 Å². The molecule has 0 aromatic heterocycles. The van der Waals surface area contributed by atoms with Crippen LogP contribution in [-0.2, 0) is 12.8 Å². The molecule has 1 aromatic rings. The lowest BCUT2D eigenvalue weighted by atomic mass is 9.86. The number of nitrogens with two attached hydrogens (primary N) is 2. The fraction of sp³-hybridized carbons (Fsp3) is 0.556. The van der Waals surface area contributed by atoms with Gasteiger partial charge in [-0.3, -0.25) is 4.90 Å². The second kappa shape index (κ2) is 6.63. The Morgan fingerprint density at radius 1 is 1.12 bits per heavy atom. The van der Waals surface area contributed by atoms with E-state index in [2.05, 4.69) is 29.8 Å². The summed E-state index contributed by atoms with van der Waals surface area (Å²) in [6.45, 7) is 4.27. The molecule has 24 heavy (non-hydrogen) atoms. The van der Waals surface area contributed by atoms with E-state index in [0.29, 0.717) is 5.96 Å². The van der Waals surface area contributed by atoms with Crippen molar-refractivity contribution >= 4 is 29.2 Å². The topological polar surface area (TPSA) is 80.0 Å². The quantitative estimate of drug-likeness (QED) is 0.877. The number of hydrogen-bond acceptors (Lipinski definition) is 5. The third kappa shape index (κ3) is 2.75. The van der Waals surface area contributed by atoms with Crippen molar-refractivity contribution in [2.24, 2.45) is 21.5 Å². The van der Waals surface area contributed by atoms with E-state index >= 15 is 0 Å². The number of hydrogen-bond donors (Lipinski definition) is 2. The van der Waals surface area contributed by atoms with Crippen molar-refractivity contribution in [2.45, 2.75) is 64.5 Å². The summed E-state index contributed by atoms with van der Waals surface area (Å²) >= 11 is 6.51. The van der Waals surface area contributed by atoms with Crippen molar-refractivity contribution in [3.05, 3.63) is 28.3 Å². The van der Waals surface area contributed by atoms with Crippen LogP contribution in [0, 0.1) is 0 Å². The number of aryl methyl sites for hydroxylation is 1. The SMILES string of the molecule is CCc1ccc(Cl)c(CC)c1N1C(N)=NC(N)=NC12CCCCC2. The van der Waals surface area contributed by atoms with Crippen LogP contribution in [0.15, 0.2) is 22.1 Å². The van der Waals surface area contributed by atoms with Crippen LogP contribution < -0.4 is 16.4 Å². The minimum atomic E-state index is -0.424. The Morgan fingerprint density at radius 3 is 2.46 bits per heavy atom. The molecule has 2 aliphatic rings. The maximum atomic E-state index is 6.51. The maximum Gasteiger partial charge on any atom is 0.220 e. The maximum absolute atomic E-state index is 6.51. The van der Waals surface area contributed by atoms with Gasteiger partial charge in [-0.1, -0.05) is 37.9 Å². The minimum Gasteiger partial charge on any atom is -0.369 e. The molecule has 0 atom stereocenters. The molecule has 130 valence electrons. The molecule has 1 spiro atoms. The molecule has 1 heterocycles. The summed E-state index contributed by atoms with van der Waals surface area (Å²) in [6, 6.07) is 4.06. The number of guanidine groups is 2. The smallest absolute Gasteiger partial charge is 0.220 e. The number of halogens is 1. The minimum absolute atomic E-state index is 0.281. The fourth-order valence-electron chi connectivity index (χ4n) is 4.01. The van der Waals surface area contributed by atoms with Crippen LogP contribution in [0.25, 0.3) is 0 Å². The highest BCUT2D eigenvalue weighted by molar-refractivity contribution is 6.32.